The Balaban J connectivity index is 2.00. The SMILES string of the molecule is Cn1cc(NC(=O)N2CCC(=O)CC2)ccc1=O. The van der Waals surface area contributed by atoms with Crippen molar-refractivity contribution in [2.75, 3.05) is 18.4 Å². The fourth-order valence-corrected chi connectivity index (χ4v) is 1.83. The number of nitrogens with one attached hydrogen (secondary N) is 1. The number of nitrogens with zero attached hydrogens (tertiary/aromatic N) is 2. The first-order valence-electron chi connectivity index (χ1n) is 5.80. The van der Waals surface area contributed by atoms with Gasteiger partial charge in [-0.15, -0.1) is 0 Å². The molecule has 0 aliphatic carbocycles. The van der Waals surface area contributed by atoms with E-state index in [1.807, 2.05) is 0 Å². The molecule has 0 spiro atoms. The molecular formula is C12H15N3O3. The summed E-state index contributed by atoms with van der Waals surface area (Å²) in [7, 11) is 1.62. The maximum absolute atomic E-state index is 11.9. The minimum atomic E-state index is -0.235. The number of aromatic nitrogens is 1. The first-order chi connectivity index (χ1) is 8.56. The number of likely N-dealkylation sites (tertiary alicyclic amines) is 1. The average Bonchev–Trinajstić information content (AvgIpc) is 2.34. The van der Waals surface area contributed by atoms with E-state index in [4.69, 9.17) is 0 Å². The van der Waals surface area contributed by atoms with Crippen LogP contribution in [0.3, 0.4) is 0 Å². The van der Waals surface area contributed by atoms with E-state index in [-0.39, 0.29) is 17.4 Å². The zero-order valence-electron chi connectivity index (χ0n) is 10.2. The standard InChI is InChI=1S/C12H15N3O3/c1-14-8-9(2-3-11(14)17)13-12(18)15-6-4-10(16)5-7-15/h2-3,8H,4-7H2,1H3,(H,13,18). The van der Waals surface area contributed by atoms with Crippen LogP contribution in [0.5, 0.6) is 0 Å². The Morgan fingerprint density at radius 2 is 1.89 bits per heavy atom. The molecule has 0 aromatic carbocycles. The van der Waals surface area contributed by atoms with Crippen molar-refractivity contribution in [1.29, 1.82) is 0 Å². The smallest absolute Gasteiger partial charge is 0.321 e. The maximum atomic E-state index is 11.9. The van der Waals surface area contributed by atoms with E-state index in [9.17, 15) is 14.4 Å². The summed E-state index contributed by atoms with van der Waals surface area (Å²) in [5, 5.41) is 2.71. The van der Waals surface area contributed by atoms with Gasteiger partial charge < -0.3 is 14.8 Å². The second-order valence-corrected chi connectivity index (χ2v) is 4.32. The molecule has 6 nitrogen and oxygen atoms in total. The normalized spacial score (nSPS) is 15.6. The van der Waals surface area contributed by atoms with Gasteiger partial charge in [-0.05, 0) is 6.07 Å². The van der Waals surface area contributed by atoms with Gasteiger partial charge in [0.05, 0.1) is 5.69 Å². The molecule has 1 aliphatic rings. The largest absolute Gasteiger partial charge is 0.324 e. The first kappa shape index (κ1) is 12.3. The van der Waals surface area contributed by atoms with Crippen LogP contribution in [0.1, 0.15) is 12.8 Å². The third-order valence-electron chi connectivity index (χ3n) is 2.95. The lowest BCUT2D eigenvalue weighted by molar-refractivity contribution is -0.120. The fourth-order valence-electron chi connectivity index (χ4n) is 1.83. The van der Waals surface area contributed by atoms with Crippen molar-refractivity contribution in [3.8, 4) is 0 Å². The number of anilines is 1. The zero-order valence-corrected chi connectivity index (χ0v) is 10.2. The third kappa shape index (κ3) is 2.77. The van der Waals surface area contributed by atoms with Gasteiger partial charge in [0.15, 0.2) is 0 Å². The van der Waals surface area contributed by atoms with E-state index in [0.29, 0.717) is 31.6 Å². The summed E-state index contributed by atoms with van der Waals surface area (Å²) < 4.78 is 1.40. The number of urea groups is 1. The van der Waals surface area contributed by atoms with E-state index in [2.05, 4.69) is 5.32 Å². The number of Topliss-reactive ketones (excluding diaryl/α,β-unsaturated/α-hetero) is 1. The molecule has 0 bridgehead atoms. The van der Waals surface area contributed by atoms with Gasteiger partial charge in [-0.2, -0.15) is 0 Å². The Bertz CT molecular complexity index is 526. The van der Waals surface area contributed by atoms with Gasteiger partial charge in [-0.1, -0.05) is 0 Å². The average molecular weight is 249 g/mol. The quantitative estimate of drug-likeness (QED) is 0.791. The van der Waals surface area contributed by atoms with Gasteiger partial charge in [-0.25, -0.2) is 4.79 Å². The number of hydrogen-bond donors (Lipinski definition) is 1. The van der Waals surface area contributed by atoms with Crippen molar-refractivity contribution in [2.45, 2.75) is 12.8 Å². The Kier molecular flexibility index (Phi) is 3.45. The monoisotopic (exact) mass is 249 g/mol. The van der Waals surface area contributed by atoms with Crippen molar-refractivity contribution < 1.29 is 9.59 Å². The lowest BCUT2D eigenvalue weighted by atomic mass is 10.1. The number of ketones is 1. The number of carbonyl (C=O) groups excluding carboxylic acids is 2. The van der Waals surface area contributed by atoms with E-state index in [1.54, 1.807) is 24.2 Å². The highest BCUT2D eigenvalue weighted by Crippen LogP contribution is 2.09. The first-order valence-corrected chi connectivity index (χ1v) is 5.80. The molecule has 0 atom stereocenters. The number of carbonyl (C=O) groups is 2. The van der Waals surface area contributed by atoms with Gasteiger partial charge in [0, 0.05) is 45.2 Å². The molecular weight excluding hydrogens is 234 g/mol. The lowest BCUT2D eigenvalue weighted by Crippen LogP contribution is -2.41. The van der Waals surface area contributed by atoms with Gasteiger partial charge in [0.25, 0.3) is 0 Å². The van der Waals surface area contributed by atoms with Crippen LogP contribution >= 0.6 is 0 Å². The second-order valence-electron chi connectivity index (χ2n) is 4.32. The Morgan fingerprint density at radius 1 is 1.22 bits per heavy atom. The molecule has 1 fully saturated rings. The molecule has 1 N–H and O–H groups in total. The molecule has 1 aliphatic heterocycles. The van der Waals surface area contributed by atoms with E-state index >= 15 is 0 Å². The Labute approximate surface area is 104 Å². The molecule has 18 heavy (non-hydrogen) atoms. The van der Waals surface area contributed by atoms with Crippen LogP contribution in [0.2, 0.25) is 0 Å². The molecule has 6 heteroatoms. The van der Waals surface area contributed by atoms with E-state index in [1.165, 1.54) is 10.6 Å². The number of amides is 2. The Hall–Kier alpha value is -2.11. The molecule has 0 unspecified atom stereocenters. The predicted molar refractivity (Wildman–Crippen MR) is 66.5 cm³/mol. The molecule has 96 valence electrons. The van der Waals surface area contributed by atoms with Crippen LogP contribution in [0.4, 0.5) is 10.5 Å². The van der Waals surface area contributed by atoms with Gasteiger partial charge >= 0.3 is 6.03 Å². The lowest BCUT2D eigenvalue weighted by Gasteiger charge is -2.26. The van der Waals surface area contributed by atoms with Gasteiger partial charge in [0.2, 0.25) is 5.56 Å². The summed E-state index contributed by atoms with van der Waals surface area (Å²) in [6, 6.07) is 2.73. The molecule has 2 rings (SSSR count). The number of aryl methyl sites for hydroxylation is 1. The number of hydrogen-bond acceptors (Lipinski definition) is 3. The molecule has 1 aromatic heterocycles. The van der Waals surface area contributed by atoms with Crippen LogP contribution in [0.15, 0.2) is 23.1 Å². The van der Waals surface area contributed by atoms with Crippen LogP contribution < -0.4 is 10.9 Å². The van der Waals surface area contributed by atoms with Crippen LogP contribution in [0, 0.1) is 0 Å². The summed E-state index contributed by atoms with van der Waals surface area (Å²) >= 11 is 0. The van der Waals surface area contributed by atoms with Crippen LogP contribution in [0.25, 0.3) is 0 Å². The molecule has 2 amide bonds. The Morgan fingerprint density at radius 3 is 2.50 bits per heavy atom. The molecule has 1 aromatic rings. The minimum absolute atomic E-state index is 0.128. The van der Waals surface area contributed by atoms with Crippen LogP contribution in [-0.4, -0.2) is 34.4 Å². The minimum Gasteiger partial charge on any atom is -0.324 e. The molecule has 1 saturated heterocycles. The fraction of sp³-hybridized carbons (Fsp3) is 0.417. The third-order valence-corrected chi connectivity index (χ3v) is 2.95. The maximum Gasteiger partial charge on any atom is 0.321 e. The summed E-state index contributed by atoms with van der Waals surface area (Å²) in [5.41, 5.74) is 0.440. The topological polar surface area (TPSA) is 71.4 Å². The van der Waals surface area contributed by atoms with Crippen molar-refractivity contribution in [2.24, 2.45) is 7.05 Å². The molecule has 0 radical (unpaired) electrons. The summed E-state index contributed by atoms with van der Waals surface area (Å²) in [6.07, 6.45) is 2.40. The second kappa shape index (κ2) is 5.03. The van der Waals surface area contributed by atoms with Crippen molar-refractivity contribution >= 4 is 17.5 Å². The highest BCUT2D eigenvalue weighted by Gasteiger charge is 2.20. The predicted octanol–water partition coefficient (Wildman–Crippen LogP) is 0.582. The van der Waals surface area contributed by atoms with Crippen LogP contribution in [-0.2, 0) is 11.8 Å². The van der Waals surface area contributed by atoms with Crippen molar-refractivity contribution in [3.63, 3.8) is 0 Å². The number of pyridine rings is 1. The highest BCUT2D eigenvalue weighted by atomic mass is 16.2. The van der Waals surface area contributed by atoms with E-state index < -0.39 is 0 Å². The summed E-state index contributed by atoms with van der Waals surface area (Å²) in [4.78, 5) is 35.8. The zero-order chi connectivity index (χ0) is 13.1. The van der Waals surface area contributed by atoms with Gasteiger partial charge in [0.1, 0.15) is 5.78 Å². The van der Waals surface area contributed by atoms with Crippen molar-refractivity contribution in [3.05, 3.63) is 28.7 Å². The summed E-state index contributed by atoms with van der Waals surface area (Å²) in [5.74, 6) is 0.196. The molecule has 2 heterocycles. The van der Waals surface area contributed by atoms with Gasteiger partial charge in [-0.3, -0.25) is 9.59 Å². The summed E-state index contributed by atoms with van der Waals surface area (Å²) in [6.45, 7) is 0.910. The number of rotatable bonds is 1. The van der Waals surface area contributed by atoms with E-state index in [0.717, 1.165) is 0 Å². The van der Waals surface area contributed by atoms with Crippen molar-refractivity contribution in [1.82, 2.24) is 9.47 Å². The highest BCUT2D eigenvalue weighted by molar-refractivity contribution is 5.90. The number of piperidine rings is 1. The molecule has 0 saturated carbocycles.